The zero-order valence-electron chi connectivity index (χ0n) is 22.6. The Morgan fingerprint density at radius 2 is 1.87 bits per heavy atom. The van der Waals surface area contributed by atoms with Crippen molar-refractivity contribution in [1.82, 2.24) is 9.29 Å². The Bertz CT molecular complexity index is 1170. The summed E-state index contributed by atoms with van der Waals surface area (Å²) in [5.41, 5.74) is 8.14. The van der Waals surface area contributed by atoms with Crippen molar-refractivity contribution in [2.24, 2.45) is 11.7 Å². The number of halogens is 3. The van der Waals surface area contributed by atoms with Crippen molar-refractivity contribution >= 4 is 35.1 Å². The lowest BCUT2D eigenvalue weighted by Gasteiger charge is -2.35. The summed E-state index contributed by atoms with van der Waals surface area (Å²) in [6.45, 7) is 10.3. The van der Waals surface area contributed by atoms with E-state index < -0.39 is 11.8 Å². The van der Waals surface area contributed by atoms with Gasteiger partial charge in [0.25, 0.3) is 5.92 Å². The average molecular weight is 578 g/mol. The van der Waals surface area contributed by atoms with Gasteiger partial charge in [-0.15, -0.1) is 0 Å². The van der Waals surface area contributed by atoms with E-state index >= 15 is 8.78 Å². The van der Waals surface area contributed by atoms with Gasteiger partial charge >= 0.3 is 0 Å². The van der Waals surface area contributed by atoms with Crippen molar-refractivity contribution in [2.75, 3.05) is 49.1 Å². The molecule has 1 atom stereocenters. The maximum atomic E-state index is 15.4. The minimum absolute atomic E-state index is 0.00254. The molecule has 1 aromatic heterocycles. The Labute approximate surface area is 239 Å². The lowest BCUT2D eigenvalue weighted by atomic mass is 9.82. The topological polar surface area (TPSA) is 57.9 Å². The summed E-state index contributed by atoms with van der Waals surface area (Å²) in [4.78, 5) is 9.75. The second-order valence-electron chi connectivity index (χ2n) is 10.6. The highest BCUT2D eigenvalue weighted by Gasteiger charge is 2.42. The molecular weight excluding hydrogens is 540 g/mol. The smallest absolute Gasteiger partial charge is 0.276 e. The molecule has 212 valence electrons. The molecule has 3 aliphatic rings. The van der Waals surface area contributed by atoms with Gasteiger partial charge in [0.2, 0.25) is 0 Å². The van der Waals surface area contributed by atoms with Gasteiger partial charge in [-0.05, 0) is 73.7 Å². The minimum atomic E-state index is -2.89. The zero-order chi connectivity index (χ0) is 27.6. The molecule has 2 aromatic rings. The largest absolute Gasteiger partial charge is 0.473 e. The summed E-state index contributed by atoms with van der Waals surface area (Å²) < 4.78 is 38.9. The number of aromatic nitrogens is 1. The molecule has 1 aliphatic carbocycles. The molecule has 10 heteroatoms. The van der Waals surface area contributed by atoms with Crippen LogP contribution in [0.3, 0.4) is 0 Å². The van der Waals surface area contributed by atoms with E-state index in [0.717, 1.165) is 44.5 Å². The standard InChI is InChI=1S/C29H38ClF2N5OS/c1-3-21-15-25(9-10-26(21)37-19-24(18-33)38-20(37)2)39-36-13-11-35(12-14-36)28-17-23(16-27(30)34-28)29(31,32)22-7-5-4-6-8-22/h9-10,15-17,22,24H,2-8,11-14,18-19,33H2,1H3/t24-/m1/s1. The Morgan fingerprint density at radius 3 is 2.54 bits per heavy atom. The Hall–Kier alpha value is -2.07. The molecule has 2 saturated heterocycles. The number of rotatable bonds is 8. The van der Waals surface area contributed by atoms with Gasteiger partial charge in [0, 0.05) is 54.8 Å². The number of pyridine rings is 1. The highest BCUT2D eigenvalue weighted by molar-refractivity contribution is 7.97. The van der Waals surface area contributed by atoms with Gasteiger partial charge in [0.15, 0.2) is 5.88 Å². The lowest BCUT2D eigenvalue weighted by Crippen LogP contribution is -2.44. The number of hydrogen-bond donors (Lipinski definition) is 1. The molecule has 0 bridgehead atoms. The third kappa shape index (κ3) is 6.32. The molecule has 6 nitrogen and oxygen atoms in total. The highest BCUT2D eigenvalue weighted by Crippen LogP contribution is 2.45. The molecule has 3 heterocycles. The van der Waals surface area contributed by atoms with Crippen molar-refractivity contribution in [3.8, 4) is 0 Å². The second kappa shape index (κ2) is 12.2. The van der Waals surface area contributed by atoms with E-state index in [1.807, 2.05) is 0 Å². The highest BCUT2D eigenvalue weighted by atomic mass is 35.5. The molecule has 0 amide bonds. The van der Waals surface area contributed by atoms with Gasteiger partial charge in [0.1, 0.15) is 17.1 Å². The molecule has 0 spiro atoms. The summed E-state index contributed by atoms with van der Waals surface area (Å²) in [5.74, 6) is -2.32. The second-order valence-corrected chi connectivity index (χ2v) is 12.2. The predicted molar refractivity (Wildman–Crippen MR) is 156 cm³/mol. The van der Waals surface area contributed by atoms with Crippen molar-refractivity contribution in [3.63, 3.8) is 0 Å². The van der Waals surface area contributed by atoms with Crippen molar-refractivity contribution in [2.45, 2.75) is 62.4 Å². The van der Waals surface area contributed by atoms with Crippen molar-refractivity contribution in [3.05, 3.63) is 59.1 Å². The number of hydrogen-bond acceptors (Lipinski definition) is 7. The monoisotopic (exact) mass is 577 g/mol. The Balaban J connectivity index is 1.22. The third-order valence-corrected chi connectivity index (χ3v) is 9.34. The van der Waals surface area contributed by atoms with Crippen LogP contribution in [-0.4, -0.2) is 54.7 Å². The number of anilines is 2. The first-order chi connectivity index (χ1) is 18.8. The lowest BCUT2D eigenvalue weighted by molar-refractivity contribution is -0.0777. The summed E-state index contributed by atoms with van der Waals surface area (Å²) >= 11 is 7.98. The molecule has 2 aliphatic heterocycles. The quantitative estimate of drug-likeness (QED) is 0.286. The van der Waals surface area contributed by atoms with Gasteiger partial charge in [-0.3, -0.25) is 0 Å². The molecule has 1 saturated carbocycles. The van der Waals surface area contributed by atoms with E-state index in [2.05, 4.69) is 50.8 Å². The summed E-state index contributed by atoms with van der Waals surface area (Å²) in [5, 5.41) is 0.130. The predicted octanol–water partition coefficient (Wildman–Crippen LogP) is 6.43. The van der Waals surface area contributed by atoms with Gasteiger partial charge in [-0.1, -0.05) is 37.8 Å². The fourth-order valence-corrected chi connectivity index (χ4v) is 6.99. The van der Waals surface area contributed by atoms with Crippen LogP contribution >= 0.6 is 23.5 Å². The van der Waals surface area contributed by atoms with E-state index in [1.165, 1.54) is 16.5 Å². The maximum Gasteiger partial charge on any atom is 0.276 e. The van der Waals surface area contributed by atoms with Crippen LogP contribution in [0.1, 0.15) is 50.2 Å². The van der Waals surface area contributed by atoms with Gasteiger partial charge in [-0.25, -0.2) is 18.1 Å². The number of aryl methyl sites for hydroxylation is 1. The van der Waals surface area contributed by atoms with Crippen LogP contribution in [0.4, 0.5) is 20.3 Å². The van der Waals surface area contributed by atoms with E-state index in [4.69, 9.17) is 22.1 Å². The van der Waals surface area contributed by atoms with Gasteiger partial charge in [0.05, 0.1) is 6.54 Å². The number of nitrogens with two attached hydrogens (primary N) is 1. The molecular formula is C29H38ClF2N5OS. The Kier molecular flexibility index (Phi) is 8.91. The first kappa shape index (κ1) is 28.5. The molecule has 0 unspecified atom stereocenters. The zero-order valence-corrected chi connectivity index (χ0v) is 24.1. The first-order valence-corrected chi connectivity index (χ1v) is 15.1. The molecule has 2 N–H and O–H groups in total. The fourth-order valence-electron chi connectivity index (χ4n) is 5.82. The Morgan fingerprint density at radius 1 is 1.13 bits per heavy atom. The first-order valence-electron chi connectivity index (χ1n) is 14.0. The third-order valence-electron chi connectivity index (χ3n) is 8.06. The van der Waals surface area contributed by atoms with Gasteiger partial charge in [-0.2, -0.15) is 0 Å². The van der Waals surface area contributed by atoms with E-state index in [0.29, 0.717) is 50.7 Å². The number of ether oxygens (including phenoxy) is 1. The van der Waals surface area contributed by atoms with E-state index in [9.17, 15) is 0 Å². The molecule has 3 fully saturated rings. The molecule has 5 rings (SSSR count). The van der Waals surface area contributed by atoms with Crippen LogP contribution in [-0.2, 0) is 17.1 Å². The van der Waals surface area contributed by atoms with Crippen molar-refractivity contribution in [1.29, 1.82) is 0 Å². The average Bonchev–Trinajstić information content (AvgIpc) is 3.33. The summed E-state index contributed by atoms with van der Waals surface area (Å²) in [7, 11) is 0. The van der Waals surface area contributed by atoms with Crippen LogP contribution in [0.2, 0.25) is 5.15 Å². The molecule has 39 heavy (non-hydrogen) atoms. The molecule has 1 aromatic carbocycles. The van der Waals surface area contributed by atoms with Crippen LogP contribution in [0, 0.1) is 5.92 Å². The summed E-state index contributed by atoms with van der Waals surface area (Å²) in [6.07, 6.45) is 4.76. The number of nitrogens with zero attached hydrogens (tertiary/aromatic N) is 4. The number of alkyl halides is 2. The fraction of sp³-hybridized carbons (Fsp3) is 0.552. The van der Waals surface area contributed by atoms with Crippen LogP contribution < -0.4 is 15.5 Å². The maximum absolute atomic E-state index is 15.4. The summed E-state index contributed by atoms with van der Waals surface area (Å²) in [6, 6.07) is 9.40. The number of benzene rings is 1. The SMILES string of the molecule is C=C1O[C@H](CN)CN1c1ccc(SN2CCN(c3cc(C(F)(F)C4CCCCC4)cc(Cl)n3)CC2)cc1CC. The van der Waals surface area contributed by atoms with E-state index in [1.54, 1.807) is 18.0 Å². The normalized spacial score (nSPS) is 21.5. The van der Waals surface area contributed by atoms with Crippen molar-refractivity contribution < 1.29 is 13.5 Å². The van der Waals surface area contributed by atoms with Crippen LogP contribution in [0.15, 0.2) is 47.7 Å². The van der Waals surface area contributed by atoms with Crippen LogP contribution in [0.25, 0.3) is 0 Å². The number of piperazine rings is 1. The minimum Gasteiger partial charge on any atom is -0.473 e. The van der Waals surface area contributed by atoms with Gasteiger partial charge < -0.3 is 20.3 Å². The van der Waals surface area contributed by atoms with E-state index in [-0.39, 0.29) is 16.8 Å². The van der Waals surface area contributed by atoms with Crippen LogP contribution in [0.5, 0.6) is 0 Å². The molecule has 0 radical (unpaired) electrons.